The minimum Gasteiger partial charge on any atom is -0.359 e. The topological polar surface area (TPSA) is 9.23 Å². The van der Waals surface area contributed by atoms with Crippen LogP contribution >= 0.6 is 11.6 Å². The molecule has 3 atom stereocenters. The van der Waals surface area contributed by atoms with Crippen LogP contribution in [0.5, 0.6) is 0 Å². The Balaban J connectivity index is 2.38. The molecule has 0 aromatic rings. The molecule has 0 bridgehead atoms. The molecule has 0 saturated carbocycles. The molecule has 1 rings (SSSR count). The maximum absolute atomic E-state index is 5.76. The van der Waals surface area contributed by atoms with Crippen LogP contribution in [0.4, 0.5) is 0 Å². The predicted molar refractivity (Wildman–Crippen MR) is 38.6 cm³/mol. The summed E-state index contributed by atoms with van der Waals surface area (Å²) in [4.78, 5) is 0. The van der Waals surface area contributed by atoms with Crippen LogP contribution in [-0.4, -0.2) is 11.7 Å². The smallest absolute Gasteiger partial charge is 0.131 e. The fraction of sp³-hybridized carbons (Fsp3) is 1.00. The van der Waals surface area contributed by atoms with Crippen molar-refractivity contribution in [1.29, 1.82) is 0 Å². The molecule has 2 unspecified atom stereocenters. The second-order valence-electron chi connectivity index (χ2n) is 2.71. The SMILES string of the molecule is CC[C@H]1OC(Cl)CC1C. The van der Waals surface area contributed by atoms with E-state index >= 15 is 0 Å². The van der Waals surface area contributed by atoms with Crippen LogP contribution in [0.1, 0.15) is 26.7 Å². The summed E-state index contributed by atoms with van der Waals surface area (Å²) in [5, 5.41) is 0. The molecule has 0 aliphatic carbocycles. The molecule has 9 heavy (non-hydrogen) atoms. The highest BCUT2D eigenvalue weighted by molar-refractivity contribution is 6.19. The van der Waals surface area contributed by atoms with Gasteiger partial charge in [-0.3, -0.25) is 0 Å². The first kappa shape index (κ1) is 7.36. The molecule has 1 aliphatic heterocycles. The lowest BCUT2D eigenvalue weighted by Gasteiger charge is -2.09. The summed E-state index contributed by atoms with van der Waals surface area (Å²) in [6.07, 6.45) is 2.51. The van der Waals surface area contributed by atoms with Crippen molar-refractivity contribution in [3.63, 3.8) is 0 Å². The monoisotopic (exact) mass is 148 g/mol. The van der Waals surface area contributed by atoms with Crippen molar-refractivity contribution in [1.82, 2.24) is 0 Å². The van der Waals surface area contributed by atoms with Gasteiger partial charge in [-0.05, 0) is 18.8 Å². The van der Waals surface area contributed by atoms with Crippen molar-refractivity contribution in [3.8, 4) is 0 Å². The van der Waals surface area contributed by atoms with Crippen molar-refractivity contribution in [2.75, 3.05) is 0 Å². The van der Waals surface area contributed by atoms with E-state index in [1.165, 1.54) is 0 Å². The van der Waals surface area contributed by atoms with Crippen LogP contribution in [0.2, 0.25) is 0 Å². The minimum absolute atomic E-state index is 0.0232. The van der Waals surface area contributed by atoms with Crippen LogP contribution < -0.4 is 0 Å². The molecular weight excluding hydrogens is 136 g/mol. The average molecular weight is 149 g/mol. The average Bonchev–Trinajstić information content (AvgIpc) is 2.10. The summed E-state index contributed by atoms with van der Waals surface area (Å²) in [5.74, 6) is 0.650. The third kappa shape index (κ3) is 1.59. The molecule has 1 nitrogen and oxygen atoms in total. The van der Waals surface area contributed by atoms with Crippen molar-refractivity contribution >= 4 is 11.6 Å². The molecular formula is C7H13ClO. The summed E-state index contributed by atoms with van der Waals surface area (Å²) >= 11 is 5.76. The minimum atomic E-state index is -0.0232. The van der Waals surface area contributed by atoms with E-state index in [9.17, 15) is 0 Å². The van der Waals surface area contributed by atoms with Crippen LogP contribution in [0.3, 0.4) is 0 Å². The number of hydrogen-bond acceptors (Lipinski definition) is 1. The van der Waals surface area contributed by atoms with Gasteiger partial charge in [0.2, 0.25) is 0 Å². The Labute approximate surface area is 61.3 Å². The van der Waals surface area contributed by atoms with Crippen molar-refractivity contribution in [2.24, 2.45) is 5.92 Å². The highest BCUT2D eigenvalue weighted by Crippen LogP contribution is 2.29. The maximum Gasteiger partial charge on any atom is 0.131 e. The van der Waals surface area contributed by atoms with Crippen LogP contribution in [0.25, 0.3) is 0 Å². The zero-order valence-electron chi connectivity index (χ0n) is 5.93. The van der Waals surface area contributed by atoms with Gasteiger partial charge in [0.1, 0.15) is 5.56 Å². The van der Waals surface area contributed by atoms with Gasteiger partial charge in [-0.25, -0.2) is 0 Å². The quantitative estimate of drug-likeness (QED) is 0.519. The third-order valence-corrected chi connectivity index (χ3v) is 2.20. The molecule has 2 heteroatoms. The number of hydrogen-bond donors (Lipinski definition) is 0. The van der Waals surface area contributed by atoms with E-state index in [0.717, 1.165) is 12.8 Å². The zero-order valence-corrected chi connectivity index (χ0v) is 6.69. The Morgan fingerprint density at radius 2 is 2.33 bits per heavy atom. The summed E-state index contributed by atoms with van der Waals surface area (Å²) in [6.45, 7) is 4.33. The standard InChI is InChI=1S/C7H13ClO/c1-3-6-5(2)4-7(8)9-6/h5-7H,3-4H2,1-2H3/t5?,6-,7?/m1/s1. The summed E-state index contributed by atoms with van der Waals surface area (Å²) in [5.41, 5.74) is -0.0232. The summed E-state index contributed by atoms with van der Waals surface area (Å²) < 4.78 is 5.39. The van der Waals surface area contributed by atoms with Crippen molar-refractivity contribution in [3.05, 3.63) is 0 Å². The molecule has 1 fully saturated rings. The van der Waals surface area contributed by atoms with Crippen molar-refractivity contribution < 1.29 is 4.74 Å². The molecule has 1 saturated heterocycles. The first-order valence-corrected chi connectivity index (χ1v) is 3.97. The van der Waals surface area contributed by atoms with Gasteiger partial charge in [0.25, 0.3) is 0 Å². The second-order valence-corrected chi connectivity index (χ2v) is 3.19. The number of halogens is 1. The Hall–Kier alpha value is 0.250. The number of ether oxygens (including phenoxy) is 1. The molecule has 54 valence electrons. The fourth-order valence-electron chi connectivity index (χ4n) is 1.32. The molecule has 1 heterocycles. The lowest BCUT2D eigenvalue weighted by Crippen LogP contribution is -2.11. The highest BCUT2D eigenvalue weighted by atomic mass is 35.5. The molecule has 1 aliphatic rings. The van der Waals surface area contributed by atoms with E-state index in [1.54, 1.807) is 0 Å². The van der Waals surface area contributed by atoms with E-state index in [2.05, 4.69) is 13.8 Å². The molecule has 0 spiro atoms. The van der Waals surface area contributed by atoms with E-state index in [-0.39, 0.29) is 5.56 Å². The van der Waals surface area contributed by atoms with E-state index in [1.807, 2.05) is 0 Å². The molecule has 0 aromatic heterocycles. The number of rotatable bonds is 1. The normalized spacial score (nSPS) is 43.7. The lowest BCUT2D eigenvalue weighted by molar-refractivity contribution is 0.0721. The van der Waals surface area contributed by atoms with Crippen molar-refractivity contribution in [2.45, 2.75) is 38.4 Å². The van der Waals surface area contributed by atoms with Gasteiger partial charge in [0, 0.05) is 0 Å². The Bertz CT molecular complexity index is 94.9. The maximum atomic E-state index is 5.76. The first-order chi connectivity index (χ1) is 4.24. The van der Waals surface area contributed by atoms with Gasteiger partial charge < -0.3 is 4.74 Å². The van der Waals surface area contributed by atoms with Crippen LogP contribution in [0.15, 0.2) is 0 Å². The van der Waals surface area contributed by atoms with Gasteiger partial charge in [-0.15, -0.1) is 0 Å². The molecule has 0 radical (unpaired) electrons. The second kappa shape index (κ2) is 2.89. The van der Waals surface area contributed by atoms with Gasteiger partial charge in [-0.2, -0.15) is 0 Å². The van der Waals surface area contributed by atoms with E-state index in [4.69, 9.17) is 16.3 Å². The van der Waals surface area contributed by atoms with Gasteiger partial charge >= 0.3 is 0 Å². The van der Waals surface area contributed by atoms with Gasteiger partial charge in [0.05, 0.1) is 6.10 Å². The van der Waals surface area contributed by atoms with Crippen LogP contribution in [0, 0.1) is 5.92 Å². The first-order valence-electron chi connectivity index (χ1n) is 3.53. The Morgan fingerprint density at radius 3 is 2.56 bits per heavy atom. The Morgan fingerprint density at radius 1 is 1.67 bits per heavy atom. The lowest BCUT2D eigenvalue weighted by atomic mass is 10.0. The Kier molecular flexibility index (Phi) is 2.36. The zero-order chi connectivity index (χ0) is 6.85. The van der Waals surface area contributed by atoms with E-state index < -0.39 is 0 Å². The van der Waals surface area contributed by atoms with Gasteiger partial charge in [0.15, 0.2) is 0 Å². The molecule has 0 amide bonds. The highest BCUT2D eigenvalue weighted by Gasteiger charge is 2.28. The molecule has 0 N–H and O–H groups in total. The van der Waals surface area contributed by atoms with Crippen LogP contribution in [-0.2, 0) is 4.74 Å². The largest absolute Gasteiger partial charge is 0.359 e. The molecule has 0 aromatic carbocycles. The third-order valence-electron chi connectivity index (χ3n) is 1.92. The summed E-state index contributed by atoms with van der Waals surface area (Å²) in [6, 6.07) is 0. The fourth-order valence-corrected chi connectivity index (χ4v) is 1.74. The van der Waals surface area contributed by atoms with Gasteiger partial charge in [-0.1, -0.05) is 25.4 Å². The van der Waals surface area contributed by atoms with E-state index in [0.29, 0.717) is 12.0 Å². The predicted octanol–water partition coefficient (Wildman–Crippen LogP) is 2.39. The summed E-state index contributed by atoms with van der Waals surface area (Å²) in [7, 11) is 0. The number of alkyl halides is 1.